The molecule has 1 heterocycles. The third-order valence-corrected chi connectivity index (χ3v) is 2.63. The van der Waals surface area contributed by atoms with Crippen molar-refractivity contribution in [3.05, 3.63) is 31.5 Å². The van der Waals surface area contributed by atoms with Gasteiger partial charge in [-0.3, -0.25) is 14.3 Å². The highest BCUT2D eigenvalue weighted by molar-refractivity contribution is 9.10. The summed E-state index contributed by atoms with van der Waals surface area (Å²) in [5, 5.41) is 0. The molecular weight excluding hydrogens is 260 g/mol. The van der Waals surface area contributed by atoms with Crippen molar-refractivity contribution in [1.82, 2.24) is 9.55 Å². The average Bonchev–Trinajstić information content (AvgIpc) is 2.07. The van der Waals surface area contributed by atoms with E-state index >= 15 is 0 Å². The van der Waals surface area contributed by atoms with Crippen LogP contribution in [-0.2, 0) is 6.54 Å². The molecule has 1 N–H and O–H groups in total. The average molecular weight is 275 g/mol. The van der Waals surface area contributed by atoms with Crippen molar-refractivity contribution < 1.29 is 0 Å². The van der Waals surface area contributed by atoms with Crippen LogP contribution < -0.4 is 11.2 Å². The van der Waals surface area contributed by atoms with Crippen molar-refractivity contribution in [2.45, 2.75) is 33.7 Å². The van der Waals surface area contributed by atoms with E-state index in [1.165, 1.54) is 10.8 Å². The Morgan fingerprint density at radius 1 is 1.40 bits per heavy atom. The molecule has 0 fully saturated rings. The summed E-state index contributed by atoms with van der Waals surface area (Å²) >= 11 is 3.10. The van der Waals surface area contributed by atoms with Crippen LogP contribution in [0, 0.1) is 5.41 Å². The van der Waals surface area contributed by atoms with Crippen molar-refractivity contribution in [3.8, 4) is 0 Å². The largest absolute Gasteiger partial charge is 0.328 e. The number of hydrogen-bond donors (Lipinski definition) is 1. The summed E-state index contributed by atoms with van der Waals surface area (Å²) in [7, 11) is 0. The first-order chi connectivity index (χ1) is 6.79. The van der Waals surface area contributed by atoms with Crippen LogP contribution in [0.25, 0.3) is 0 Å². The number of hydrogen-bond acceptors (Lipinski definition) is 2. The van der Waals surface area contributed by atoms with Crippen LogP contribution in [0.4, 0.5) is 0 Å². The van der Waals surface area contributed by atoms with E-state index in [1.54, 1.807) is 0 Å². The van der Waals surface area contributed by atoms with Gasteiger partial charge in [-0.25, -0.2) is 4.79 Å². The second-order valence-electron chi connectivity index (χ2n) is 4.74. The lowest BCUT2D eigenvalue weighted by atomic mass is 9.92. The van der Waals surface area contributed by atoms with E-state index in [2.05, 4.69) is 41.7 Å². The van der Waals surface area contributed by atoms with Crippen LogP contribution in [0.3, 0.4) is 0 Å². The summed E-state index contributed by atoms with van der Waals surface area (Å²) < 4.78 is 1.90. The molecular formula is C10H15BrN2O2. The van der Waals surface area contributed by atoms with E-state index in [9.17, 15) is 9.59 Å². The molecule has 0 atom stereocenters. The van der Waals surface area contributed by atoms with Crippen LogP contribution in [0.2, 0.25) is 0 Å². The number of aryl methyl sites for hydroxylation is 1. The summed E-state index contributed by atoms with van der Waals surface area (Å²) in [5.74, 6) is 0. The minimum atomic E-state index is -0.382. The van der Waals surface area contributed by atoms with Crippen LogP contribution in [0.5, 0.6) is 0 Å². The molecule has 4 nitrogen and oxygen atoms in total. The lowest BCUT2D eigenvalue weighted by Crippen LogP contribution is -2.30. The van der Waals surface area contributed by atoms with Gasteiger partial charge >= 0.3 is 5.69 Å². The Bertz CT molecular complexity index is 454. The first-order valence-electron chi connectivity index (χ1n) is 4.79. The fourth-order valence-electron chi connectivity index (χ4n) is 1.10. The number of nitrogens with zero attached hydrogens (tertiary/aromatic N) is 1. The molecule has 0 bridgehead atoms. The molecule has 1 aromatic rings. The maximum Gasteiger partial charge on any atom is 0.328 e. The van der Waals surface area contributed by atoms with Gasteiger partial charge in [0.2, 0.25) is 0 Å². The SMILES string of the molecule is CC(C)(C)CCn1cc(Br)c(=O)[nH]c1=O. The number of H-pyrrole nitrogens is 1. The van der Waals surface area contributed by atoms with Crippen molar-refractivity contribution in [2.24, 2.45) is 5.41 Å². The minimum absolute atomic E-state index is 0.169. The van der Waals surface area contributed by atoms with E-state index in [0.717, 1.165) is 6.42 Å². The van der Waals surface area contributed by atoms with Gasteiger partial charge in [-0.15, -0.1) is 0 Å². The van der Waals surface area contributed by atoms with E-state index in [4.69, 9.17) is 0 Å². The van der Waals surface area contributed by atoms with Crippen molar-refractivity contribution in [2.75, 3.05) is 0 Å². The normalized spacial score (nSPS) is 11.7. The Labute approximate surface area is 96.5 Å². The number of aromatic amines is 1. The molecule has 0 saturated carbocycles. The second kappa shape index (κ2) is 4.35. The highest BCUT2D eigenvalue weighted by Crippen LogP contribution is 2.18. The lowest BCUT2D eigenvalue weighted by molar-refractivity contribution is 0.346. The van der Waals surface area contributed by atoms with E-state index in [-0.39, 0.29) is 16.7 Å². The second-order valence-corrected chi connectivity index (χ2v) is 5.59. The standard InChI is InChI=1S/C10H15BrN2O2/c1-10(2,3)4-5-13-6-7(11)8(14)12-9(13)15/h6H,4-5H2,1-3H3,(H,12,14,15). The predicted molar refractivity (Wildman–Crippen MR) is 63.1 cm³/mol. The molecule has 0 unspecified atom stereocenters. The van der Waals surface area contributed by atoms with Gasteiger partial charge in [0.1, 0.15) is 0 Å². The fourth-order valence-corrected chi connectivity index (χ4v) is 1.45. The molecule has 15 heavy (non-hydrogen) atoms. The first-order valence-corrected chi connectivity index (χ1v) is 5.58. The van der Waals surface area contributed by atoms with Crippen molar-refractivity contribution >= 4 is 15.9 Å². The first kappa shape index (κ1) is 12.2. The fraction of sp³-hybridized carbons (Fsp3) is 0.600. The van der Waals surface area contributed by atoms with Gasteiger partial charge in [0.25, 0.3) is 5.56 Å². The quantitative estimate of drug-likeness (QED) is 0.893. The van der Waals surface area contributed by atoms with Gasteiger partial charge in [-0.05, 0) is 27.8 Å². The number of rotatable bonds is 2. The van der Waals surface area contributed by atoms with Gasteiger partial charge in [0.05, 0.1) is 4.47 Å². The minimum Gasteiger partial charge on any atom is -0.299 e. The lowest BCUT2D eigenvalue weighted by Gasteiger charge is -2.18. The van der Waals surface area contributed by atoms with Gasteiger partial charge in [-0.1, -0.05) is 20.8 Å². The number of aromatic nitrogens is 2. The summed E-state index contributed by atoms with van der Waals surface area (Å²) in [4.78, 5) is 24.7. The van der Waals surface area contributed by atoms with E-state index in [1.807, 2.05) is 0 Å². The Kier molecular flexibility index (Phi) is 3.54. The van der Waals surface area contributed by atoms with Gasteiger partial charge < -0.3 is 0 Å². The molecule has 0 radical (unpaired) electrons. The Morgan fingerprint density at radius 3 is 2.53 bits per heavy atom. The molecule has 0 spiro atoms. The zero-order chi connectivity index (χ0) is 11.6. The van der Waals surface area contributed by atoms with Crippen molar-refractivity contribution in [3.63, 3.8) is 0 Å². The van der Waals surface area contributed by atoms with Gasteiger partial charge in [0.15, 0.2) is 0 Å². The number of halogens is 1. The predicted octanol–water partition coefficient (Wildman–Crippen LogP) is 1.74. The van der Waals surface area contributed by atoms with Gasteiger partial charge in [0, 0.05) is 12.7 Å². The molecule has 0 saturated heterocycles. The molecule has 0 aliphatic rings. The van der Waals surface area contributed by atoms with Gasteiger partial charge in [-0.2, -0.15) is 0 Å². The number of nitrogens with one attached hydrogen (secondary N) is 1. The molecule has 84 valence electrons. The summed E-state index contributed by atoms with van der Waals surface area (Å²) in [6, 6.07) is 0. The Morgan fingerprint density at radius 2 is 2.00 bits per heavy atom. The van der Waals surface area contributed by atoms with Crippen LogP contribution in [-0.4, -0.2) is 9.55 Å². The molecule has 0 aliphatic carbocycles. The maximum atomic E-state index is 11.4. The summed E-state index contributed by atoms with van der Waals surface area (Å²) in [6.45, 7) is 6.94. The molecule has 1 aromatic heterocycles. The third-order valence-electron chi connectivity index (χ3n) is 2.07. The van der Waals surface area contributed by atoms with E-state index in [0.29, 0.717) is 11.0 Å². The van der Waals surface area contributed by atoms with Crippen LogP contribution in [0.15, 0.2) is 20.3 Å². The molecule has 0 amide bonds. The Balaban J connectivity index is 2.92. The maximum absolute atomic E-state index is 11.4. The zero-order valence-electron chi connectivity index (χ0n) is 9.13. The van der Waals surface area contributed by atoms with E-state index < -0.39 is 0 Å². The molecule has 0 aliphatic heterocycles. The highest BCUT2D eigenvalue weighted by atomic mass is 79.9. The monoisotopic (exact) mass is 274 g/mol. The molecule has 1 rings (SSSR count). The molecule has 0 aromatic carbocycles. The summed E-state index contributed by atoms with van der Waals surface area (Å²) in [6.07, 6.45) is 2.41. The topological polar surface area (TPSA) is 54.9 Å². The Hall–Kier alpha value is -0.840. The van der Waals surface area contributed by atoms with Crippen LogP contribution >= 0.6 is 15.9 Å². The zero-order valence-corrected chi connectivity index (χ0v) is 10.7. The van der Waals surface area contributed by atoms with Crippen molar-refractivity contribution in [1.29, 1.82) is 0 Å². The third kappa shape index (κ3) is 3.66. The molecule has 5 heteroatoms. The smallest absolute Gasteiger partial charge is 0.299 e. The van der Waals surface area contributed by atoms with Crippen LogP contribution in [0.1, 0.15) is 27.2 Å². The highest BCUT2D eigenvalue weighted by Gasteiger charge is 2.11. The summed E-state index contributed by atoms with van der Waals surface area (Å²) in [5.41, 5.74) is -0.568.